The highest BCUT2D eigenvalue weighted by Crippen LogP contribution is 2.40. The van der Waals surface area contributed by atoms with Gasteiger partial charge in [0.15, 0.2) is 21.0 Å². The molecule has 0 radical (unpaired) electrons. The molecule has 10 nitrogen and oxygen atoms in total. The third kappa shape index (κ3) is 5.57. The summed E-state index contributed by atoms with van der Waals surface area (Å²) in [5.41, 5.74) is 1.47. The van der Waals surface area contributed by atoms with Crippen LogP contribution in [0, 0.1) is 11.7 Å². The number of alkyl halides is 2. The number of hydrogen-bond acceptors (Lipinski definition) is 9. The van der Waals surface area contributed by atoms with Crippen molar-refractivity contribution in [3.8, 4) is 22.0 Å². The monoisotopic (exact) mass is 655 g/mol. The maximum Gasteiger partial charge on any atom is 0.291 e. The minimum atomic E-state index is -4.01. The van der Waals surface area contributed by atoms with Crippen LogP contribution in [0.3, 0.4) is 0 Å². The van der Waals surface area contributed by atoms with Crippen molar-refractivity contribution in [3.63, 3.8) is 0 Å². The Morgan fingerprint density at radius 1 is 1.14 bits per heavy atom. The Morgan fingerprint density at radius 3 is 2.48 bits per heavy atom. The van der Waals surface area contributed by atoms with Crippen LogP contribution in [-0.4, -0.2) is 68.0 Å². The Hall–Kier alpha value is -2.56. The Balaban J connectivity index is 1.49. The molecule has 1 atom stereocenters. The number of fused-ring (bicyclic) bond motifs is 1. The van der Waals surface area contributed by atoms with Gasteiger partial charge in [-0.15, -0.1) is 10.2 Å². The van der Waals surface area contributed by atoms with Crippen molar-refractivity contribution in [2.75, 3.05) is 25.4 Å². The number of pyridine rings is 1. The normalized spacial score (nSPS) is 18.3. The van der Waals surface area contributed by atoms with Gasteiger partial charge in [-0.2, -0.15) is 0 Å². The van der Waals surface area contributed by atoms with E-state index in [1.54, 1.807) is 25.1 Å². The van der Waals surface area contributed by atoms with E-state index in [2.05, 4.69) is 24.8 Å². The van der Waals surface area contributed by atoms with Crippen LogP contribution in [0.1, 0.15) is 43.2 Å². The molecule has 224 valence electrons. The van der Waals surface area contributed by atoms with E-state index in [0.29, 0.717) is 57.8 Å². The van der Waals surface area contributed by atoms with Crippen LogP contribution in [-0.2, 0) is 19.8 Å². The van der Waals surface area contributed by atoms with Crippen LogP contribution in [0.25, 0.3) is 27.5 Å². The predicted molar refractivity (Wildman–Crippen MR) is 157 cm³/mol. The van der Waals surface area contributed by atoms with E-state index in [1.165, 1.54) is 16.7 Å². The lowest BCUT2D eigenvalue weighted by Crippen LogP contribution is -2.40. The minimum Gasteiger partial charge on any atom is -0.302 e. The number of halogens is 3. The summed E-state index contributed by atoms with van der Waals surface area (Å²) in [4.78, 5) is 6.84. The van der Waals surface area contributed by atoms with E-state index < -0.39 is 36.7 Å². The van der Waals surface area contributed by atoms with Crippen LogP contribution < -0.4 is 4.72 Å². The average molecular weight is 656 g/mol. The van der Waals surface area contributed by atoms with Crippen molar-refractivity contribution in [1.82, 2.24) is 29.2 Å². The van der Waals surface area contributed by atoms with Crippen molar-refractivity contribution >= 4 is 48.2 Å². The molecule has 0 spiro atoms. The minimum absolute atomic E-state index is 0.0159. The number of nitrogens with zero attached hydrogens (tertiary/aromatic N) is 5. The van der Waals surface area contributed by atoms with Gasteiger partial charge >= 0.3 is 0 Å². The molecule has 6 rings (SSSR count). The molecule has 2 N–H and O–H groups in total. The van der Waals surface area contributed by atoms with E-state index >= 15 is 0 Å². The summed E-state index contributed by atoms with van der Waals surface area (Å²) in [7, 11) is -7.06. The molecule has 4 heterocycles. The Kier molecular flexibility index (Phi) is 7.42. The Labute approximate surface area is 251 Å². The molecule has 1 aliphatic heterocycles. The van der Waals surface area contributed by atoms with E-state index in [1.807, 2.05) is 6.92 Å². The maximum atomic E-state index is 13.5. The van der Waals surface area contributed by atoms with Gasteiger partial charge in [0.1, 0.15) is 0 Å². The first-order valence-corrected chi connectivity index (χ1v) is 17.6. The topological polar surface area (TPSA) is 133 Å². The fourth-order valence-electron chi connectivity index (χ4n) is 4.86. The van der Waals surface area contributed by atoms with Gasteiger partial charge in [-0.05, 0) is 75.5 Å². The molecule has 4 aromatic rings. The summed E-state index contributed by atoms with van der Waals surface area (Å²) in [6.45, 7) is 6.09. The molecular formula is C26H28ClF2N7O3S3. The van der Waals surface area contributed by atoms with Crippen LogP contribution >= 0.6 is 22.9 Å². The summed E-state index contributed by atoms with van der Waals surface area (Å²) in [5.74, 6) is 0.291. The molecule has 3 aromatic heterocycles. The molecule has 2 fully saturated rings. The number of sulfonamides is 1. The number of imidazole rings is 1. The zero-order chi connectivity index (χ0) is 30.0. The number of aryl methyl sites for hydroxylation is 1. The SMILES string of the molecule is Cc1cc([S@@](=N)(=O)CCN2CCC2)ccc1-c1cc(S(=O)(=O)NC2(C)CC2)cn2c(-c3nnc(C(F)F)s3)nc(Cl)c12. The van der Waals surface area contributed by atoms with Gasteiger partial charge in [0.05, 0.1) is 20.1 Å². The van der Waals surface area contributed by atoms with Crippen molar-refractivity contribution in [1.29, 1.82) is 4.78 Å². The van der Waals surface area contributed by atoms with Crippen molar-refractivity contribution < 1.29 is 21.4 Å². The number of benzene rings is 1. The molecule has 0 bridgehead atoms. The number of rotatable bonds is 10. The molecule has 1 saturated carbocycles. The van der Waals surface area contributed by atoms with Crippen LogP contribution in [0.2, 0.25) is 5.15 Å². The predicted octanol–water partition coefficient (Wildman–Crippen LogP) is 5.36. The van der Waals surface area contributed by atoms with Crippen LogP contribution in [0.5, 0.6) is 0 Å². The summed E-state index contributed by atoms with van der Waals surface area (Å²) < 4.78 is 79.6. The summed E-state index contributed by atoms with van der Waals surface area (Å²) >= 11 is 7.25. The third-order valence-corrected chi connectivity index (χ3v) is 12.3. The molecule has 0 amide bonds. The van der Waals surface area contributed by atoms with Crippen molar-refractivity contribution in [2.45, 2.75) is 54.9 Å². The highest BCUT2D eigenvalue weighted by atomic mass is 35.5. The first-order chi connectivity index (χ1) is 19.8. The van der Waals surface area contributed by atoms with Crippen LogP contribution in [0.4, 0.5) is 8.78 Å². The van der Waals surface area contributed by atoms with Gasteiger partial charge in [0, 0.05) is 34.5 Å². The first kappa shape index (κ1) is 29.5. The summed E-state index contributed by atoms with van der Waals surface area (Å²) in [5, 5.41) is 6.97. The largest absolute Gasteiger partial charge is 0.302 e. The molecule has 16 heteroatoms. The molecule has 42 heavy (non-hydrogen) atoms. The quantitative estimate of drug-likeness (QED) is 0.235. The fourth-order valence-corrected chi connectivity index (χ4v) is 8.71. The van der Waals surface area contributed by atoms with Gasteiger partial charge in [-0.1, -0.05) is 29.0 Å². The van der Waals surface area contributed by atoms with Gasteiger partial charge in [0.2, 0.25) is 10.0 Å². The van der Waals surface area contributed by atoms with E-state index in [4.69, 9.17) is 16.4 Å². The lowest BCUT2D eigenvalue weighted by molar-refractivity contribution is 0.150. The number of aromatic nitrogens is 4. The lowest BCUT2D eigenvalue weighted by atomic mass is 10.0. The highest BCUT2D eigenvalue weighted by Gasteiger charge is 2.41. The second-order valence-electron chi connectivity index (χ2n) is 11.0. The number of hydrogen-bond donors (Lipinski definition) is 2. The number of likely N-dealkylation sites (tertiary alicyclic amines) is 1. The standard InChI is InChI=1S/C26H28ClF2N7O3S3/c1-15-12-16(41(30,37)11-10-35-8-3-9-35)4-5-18(15)19-13-17(42(38,39)34-26(2)6-7-26)14-36-20(19)21(27)31-23(36)25-33-32-24(40-25)22(28)29/h4-5,12-14,22,30,34H,3,6-11H2,1-2H3/t41-/m0/s1. The molecule has 1 aliphatic carbocycles. The molecule has 0 unspecified atom stereocenters. The molecule has 2 aliphatic rings. The first-order valence-electron chi connectivity index (χ1n) is 13.2. The Morgan fingerprint density at radius 2 is 1.88 bits per heavy atom. The van der Waals surface area contributed by atoms with Gasteiger partial charge in [-0.25, -0.2) is 35.9 Å². The zero-order valence-corrected chi connectivity index (χ0v) is 25.9. The maximum absolute atomic E-state index is 13.5. The lowest BCUT2D eigenvalue weighted by Gasteiger charge is -2.30. The van der Waals surface area contributed by atoms with Gasteiger partial charge < -0.3 is 4.90 Å². The number of nitrogens with one attached hydrogen (secondary N) is 2. The second kappa shape index (κ2) is 10.6. The van der Waals surface area contributed by atoms with Crippen molar-refractivity contribution in [3.05, 3.63) is 46.2 Å². The molecule has 1 saturated heterocycles. The average Bonchev–Trinajstić information content (AvgIpc) is 3.27. The molecular weight excluding hydrogens is 628 g/mol. The Bertz CT molecular complexity index is 1920. The van der Waals surface area contributed by atoms with Gasteiger partial charge in [0.25, 0.3) is 6.43 Å². The van der Waals surface area contributed by atoms with Crippen LogP contribution in [0.15, 0.2) is 40.3 Å². The molecule has 1 aromatic carbocycles. The highest BCUT2D eigenvalue weighted by molar-refractivity contribution is 7.92. The van der Waals surface area contributed by atoms with Gasteiger partial charge in [-0.3, -0.25) is 4.40 Å². The third-order valence-electron chi connectivity index (χ3n) is 7.69. The second-order valence-corrected chi connectivity index (χ2v) is 16.3. The van der Waals surface area contributed by atoms with E-state index in [-0.39, 0.29) is 26.6 Å². The summed E-state index contributed by atoms with van der Waals surface area (Å²) in [6.07, 6.45) is 1.04. The summed E-state index contributed by atoms with van der Waals surface area (Å²) in [6, 6.07) is 6.51. The van der Waals surface area contributed by atoms with E-state index in [9.17, 15) is 21.4 Å². The smallest absolute Gasteiger partial charge is 0.291 e. The fraction of sp³-hybridized carbons (Fsp3) is 0.423. The zero-order valence-electron chi connectivity index (χ0n) is 22.7. The van der Waals surface area contributed by atoms with Crippen molar-refractivity contribution in [2.24, 2.45) is 0 Å². The van der Waals surface area contributed by atoms with E-state index in [0.717, 1.165) is 19.5 Å².